The molecule has 2 aromatic carbocycles. The van der Waals surface area contributed by atoms with Crippen LogP contribution in [0.3, 0.4) is 0 Å². The number of hydrogen-bond acceptors (Lipinski definition) is 4. The zero-order valence-electron chi connectivity index (χ0n) is 15.0. The van der Waals surface area contributed by atoms with Crippen molar-refractivity contribution in [1.82, 2.24) is 0 Å². The number of nitrogens with one attached hydrogen (secondary N) is 1. The molecule has 1 atom stereocenters. The third kappa shape index (κ3) is 4.83. The van der Waals surface area contributed by atoms with Gasteiger partial charge in [0.1, 0.15) is 11.5 Å². The van der Waals surface area contributed by atoms with Gasteiger partial charge in [0, 0.05) is 23.7 Å². The second kappa shape index (κ2) is 8.33. The van der Waals surface area contributed by atoms with Crippen molar-refractivity contribution in [2.45, 2.75) is 26.2 Å². The Bertz CT molecular complexity index is 753. The van der Waals surface area contributed by atoms with Crippen LogP contribution in [0, 0.1) is 0 Å². The smallest absolute Gasteiger partial charge is 0.224 e. The molecule has 0 bridgehead atoms. The summed E-state index contributed by atoms with van der Waals surface area (Å²) in [5.41, 5.74) is 2.24. The highest BCUT2D eigenvalue weighted by Crippen LogP contribution is 2.32. The third-order valence-electron chi connectivity index (χ3n) is 4.04. The van der Waals surface area contributed by atoms with E-state index in [2.05, 4.69) is 5.32 Å². The molecule has 0 aromatic heterocycles. The van der Waals surface area contributed by atoms with Crippen molar-refractivity contribution in [2.24, 2.45) is 0 Å². The van der Waals surface area contributed by atoms with Crippen molar-refractivity contribution >= 4 is 17.4 Å². The average Bonchev–Trinajstić information content (AvgIpc) is 2.61. The molecular formula is C20H23NO4. The molecule has 132 valence electrons. The maximum absolute atomic E-state index is 12.3. The molecule has 0 saturated carbocycles. The molecule has 0 aliphatic heterocycles. The zero-order chi connectivity index (χ0) is 18.4. The first kappa shape index (κ1) is 18.5. The van der Waals surface area contributed by atoms with E-state index in [1.54, 1.807) is 38.5 Å². The average molecular weight is 341 g/mol. The fourth-order valence-electron chi connectivity index (χ4n) is 2.61. The van der Waals surface area contributed by atoms with Gasteiger partial charge >= 0.3 is 0 Å². The minimum absolute atomic E-state index is 0.00176. The molecular weight excluding hydrogens is 318 g/mol. The molecule has 0 radical (unpaired) electrons. The molecule has 0 saturated heterocycles. The summed E-state index contributed by atoms with van der Waals surface area (Å²) in [5, 5.41) is 2.85. The van der Waals surface area contributed by atoms with Crippen molar-refractivity contribution in [3.63, 3.8) is 0 Å². The van der Waals surface area contributed by atoms with Gasteiger partial charge in [-0.15, -0.1) is 0 Å². The summed E-state index contributed by atoms with van der Waals surface area (Å²) in [7, 11) is 3.20. The largest absolute Gasteiger partial charge is 0.497 e. The topological polar surface area (TPSA) is 64.6 Å². The van der Waals surface area contributed by atoms with Crippen molar-refractivity contribution in [3.8, 4) is 11.5 Å². The van der Waals surface area contributed by atoms with E-state index < -0.39 is 0 Å². The van der Waals surface area contributed by atoms with Crippen LogP contribution in [0.1, 0.15) is 42.1 Å². The van der Waals surface area contributed by atoms with Crippen LogP contribution in [0.25, 0.3) is 0 Å². The van der Waals surface area contributed by atoms with Gasteiger partial charge in [0.2, 0.25) is 5.91 Å². The maximum atomic E-state index is 12.3. The maximum Gasteiger partial charge on any atom is 0.224 e. The minimum atomic E-state index is -0.0963. The first-order chi connectivity index (χ1) is 11.9. The van der Waals surface area contributed by atoms with E-state index in [1.165, 1.54) is 6.92 Å². The van der Waals surface area contributed by atoms with Crippen LogP contribution < -0.4 is 14.8 Å². The third-order valence-corrected chi connectivity index (χ3v) is 4.04. The second-order valence-electron chi connectivity index (χ2n) is 5.89. The van der Waals surface area contributed by atoms with Gasteiger partial charge < -0.3 is 14.8 Å². The Kier molecular flexibility index (Phi) is 6.17. The van der Waals surface area contributed by atoms with Crippen molar-refractivity contribution < 1.29 is 19.1 Å². The van der Waals surface area contributed by atoms with E-state index in [0.29, 0.717) is 29.2 Å². The summed E-state index contributed by atoms with van der Waals surface area (Å²) in [4.78, 5) is 23.6. The molecule has 2 aromatic rings. The van der Waals surface area contributed by atoms with Gasteiger partial charge in [-0.2, -0.15) is 0 Å². The van der Waals surface area contributed by atoms with Gasteiger partial charge in [-0.3, -0.25) is 9.59 Å². The Morgan fingerprint density at radius 3 is 2.28 bits per heavy atom. The lowest BCUT2D eigenvalue weighted by Crippen LogP contribution is -2.15. The Morgan fingerprint density at radius 1 is 1.04 bits per heavy atom. The van der Waals surface area contributed by atoms with Gasteiger partial charge in [0.15, 0.2) is 5.78 Å². The summed E-state index contributed by atoms with van der Waals surface area (Å²) in [6, 6.07) is 12.4. The number of ketones is 1. The first-order valence-corrected chi connectivity index (χ1v) is 8.07. The number of amides is 1. The van der Waals surface area contributed by atoms with E-state index in [0.717, 1.165) is 5.56 Å². The molecule has 5 heteroatoms. The molecule has 0 fully saturated rings. The Morgan fingerprint density at radius 2 is 1.72 bits per heavy atom. The SMILES string of the molecule is COc1ccc(C(C)CC(=O)Nc2ccc(C(C)=O)cc2)c(OC)c1. The van der Waals surface area contributed by atoms with Gasteiger partial charge in [-0.25, -0.2) is 0 Å². The standard InChI is InChI=1S/C20H23NO4/c1-13(18-10-9-17(24-3)12-19(18)25-4)11-20(23)21-16-7-5-15(6-8-16)14(2)22/h5-10,12-13H,11H2,1-4H3,(H,21,23). The normalized spacial score (nSPS) is 11.5. The zero-order valence-corrected chi connectivity index (χ0v) is 15.0. The lowest BCUT2D eigenvalue weighted by molar-refractivity contribution is -0.116. The van der Waals surface area contributed by atoms with Crippen molar-refractivity contribution in [3.05, 3.63) is 53.6 Å². The number of carbonyl (C=O) groups excluding carboxylic acids is 2. The highest BCUT2D eigenvalue weighted by atomic mass is 16.5. The molecule has 25 heavy (non-hydrogen) atoms. The fourth-order valence-corrected chi connectivity index (χ4v) is 2.61. The predicted molar refractivity (Wildman–Crippen MR) is 97.7 cm³/mol. The molecule has 1 N–H and O–H groups in total. The highest BCUT2D eigenvalue weighted by molar-refractivity contribution is 5.95. The number of hydrogen-bond donors (Lipinski definition) is 1. The Labute approximate surface area is 148 Å². The van der Waals surface area contributed by atoms with Crippen LogP contribution in [0.2, 0.25) is 0 Å². The van der Waals surface area contributed by atoms with Gasteiger partial charge in [0.05, 0.1) is 14.2 Å². The second-order valence-corrected chi connectivity index (χ2v) is 5.89. The molecule has 1 amide bonds. The summed E-state index contributed by atoms with van der Waals surface area (Å²) in [6.07, 6.45) is 0.317. The highest BCUT2D eigenvalue weighted by Gasteiger charge is 2.16. The van der Waals surface area contributed by atoms with Crippen LogP contribution in [0.15, 0.2) is 42.5 Å². The lowest BCUT2D eigenvalue weighted by atomic mass is 9.96. The molecule has 0 aliphatic rings. The number of anilines is 1. The van der Waals surface area contributed by atoms with Crippen LogP contribution in [0.5, 0.6) is 11.5 Å². The number of methoxy groups -OCH3 is 2. The van der Waals surface area contributed by atoms with Crippen molar-refractivity contribution in [1.29, 1.82) is 0 Å². The number of carbonyl (C=O) groups is 2. The van der Waals surface area contributed by atoms with E-state index >= 15 is 0 Å². The number of ether oxygens (including phenoxy) is 2. The number of Topliss-reactive ketones (excluding diaryl/α,β-unsaturated/α-hetero) is 1. The van der Waals surface area contributed by atoms with E-state index in [-0.39, 0.29) is 17.6 Å². The predicted octanol–water partition coefficient (Wildman–Crippen LogP) is 4.04. The van der Waals surface area contributed by atoms with Crippen molar-refractivity contribution in [2.75, 3.05) is 19.5 Å². The Hall–Kier alpha value is -2.82. The summed E-state index contributed by atoms with van der Waals surface area (Å²) in [5.74, 6) is 1.30. The minimum Gasteiger partial charge on any atom is -0.497 e. The van der Waals surface area contributed by atoms with E-state index in [1.807, 2.05) is 25.1 Å². The molecule has 0 aliphatic carbocycles. The van der Waals surface area contributed by atoms with Crippen LogP contribution in [0.4, 0.5) is 5.69 Å². The summed E-state index contributed by atoms with van der Waals surface area (Å²) >= 11 is 0. The van der Waals surface area contributed by atoms with Gasteiger partial charge in [-0.1, -0.05) is 13.0 Å². The van der Waals surface area contributed by atoms with Crippen LogP contribution >= 0.6 is 0 Å². The lowest BCUT2D eigenvalue weighted by Gasteiger charge is -2.16. The molecule has 1 unspecified atom stereocenters. The van der Waals surface area contributed by atoms with E-state index in [9.17, 15) is 9.59 Å². The van der Waals surface area contributed by atoms with Gasteiger partial charge in [0.25, 0.3) is 0 Å². The molecule has 0 heterocycles. The molecule has 2 rings (SSSR count). The molecule has 0 spiro atoms. The molecule has 5 nitrogen and oxygen atoms in total. The number of benzene rings is 2. The monoisotopic (exact) mass is 341 g/mol. The quantitative estimate of drug-likeness (QED) is 0.772. The van der Waals surface area contributed by atoms with Crippen LogP contribution in [-0.4, -0.2) is 25.9 Å². The first-order valence-electron chi connectivity index (χ1n) is 8.07. The summed E-state index contributed by atoms with van der Waals surface area (Å²) in [6.45, 7) is 3.49. The van der Waals surface area contributed by atoms with Crippen LogP contribution in [-0.2, 0) is 4.79 Å². The fraction of sp³-hybridized carbons (Fsp3) is 0.300. The van der Waals surface area contributed by atoms with Gasteiger partial charge in [-0.05, 0) is 48.7 Å². The number of rotatable bonds is 7. The Balaban J connectivity index is 2.03. The van der Waals surface area contributed by atoms with E-state index in [4.69, 9.17) is 9.47 Å². The summed E-state index contributed by atoms with van der Waals surface area (Å²) < 4.78 is 10.6.